The number of likely N-dealkylation sites (tertiary alicyclic amines) is 1. The highest BCUT2D eigenvalue weighted by molar-refractivity contribution is 4.95. The minimum atomic E-state index is 0.773. The largest absolute Gasteiger partial charge is 0.310 e. The van der Waals surface area contributed by atoms with E-state index in [9.17, 15) is 0 Å². The molecular formula is C16H30N2. The lowest BCUT2D eigenvalue weighted by molar-refractivity contribution is 0.0230. The van der Waals surface area contributed by atoms with Gasteiger partial charge in [0.1, 0.15) is 0 Å². The number of hydrogen-bond donors (Lipinski definition) is 1. The Hall–Kier alpha value is -0.0800. The molecule has 0 aromatic carbocycles. The van der Waals surface area contributed by atoms with Crippen LogP contribution in [0.4, 0.5) is 0 Å². The van der Waals surface area contributed by atoms with Crippen LogP contribution < -0.4 is 5.32 Å². The Labute approximate surface area is 113 Å². The molecule has 104 valence electrons. The summed E-state index contributed by atoms with van der Waals surface area (Å²) in [5, 5.41) is 3.88. The van der Waals surface area contributed by atoms with Gasteiger partial charge in [-0.1, -0.05) is 20.8 Å². The Bertz CT molecular complexity index is 279. The van der Waals surface area contributed by atoms with Crippen LogP contribution in [-0.4, -0.2) is 36.1 Å². The van der Waals surface area contributed by atoms with Crippen molar-refractivity contribution < 1.29 is 0 Å². The first kappa shape index (κ1) is 12.9. The van der Waals surface area contributed by atoms with Crippen molar-refractivity contribution in [2.75, 3.05) is 13.1 Å². The summed E-state index contributed by atoms with van der Waals surface area (Å²) >= 11 is 0. The predicted molar refractivity (Wildman–Crippen MR) is 76.6 cm³/mol. The van der Waals surface area contributed by atoms with Crippen molar-refractivity contribution in [3.63, 3.8) is 0 Å². The summed E-state index contributed by atoms with van der Waals surface area (Å²) in [4.78, 5) is 2.81. The van der Waals surface area contributed by atoms with Gasteiger partial charge in [0.15, 0.2) is 0 Å². The third-order valence-corrected chi connectivity index (χ3v) is 5.37. The van der Waals surface area contributed by atoms with Gasteiger partial charge < -0.3 is 5.32 Å². The van der Waals surface area contributed by atoms with Gasteiger partial charge in [-0.3, -0.25) is 4.90 Å². The number of hydrogen-bond acceptors (Lipinski definition) is 2. The Morgan fingerprint density at radius 2 is 1.72 bits per heavy atom. The summed E-state index contributed by atoms with van der Waals surface area (Å²) < 4.78 is 0. The molecule has 0 bridgehead atoms. The van der Waals surface area contributed by atoms with Gasteiger partial charge in [-0.15, -0.1) is 0 Å². The van der Waals surface area contributed by atoms with Crippen molar-refractivity contribution in [1.82, 2.24) is 10.2 Å². The van der Waals surface area contributed by atoms with E-state index < -0.39 is 0 Å². The van der Waals surface area contributed by atoms with Crippen LogP contribution in [0.15, 0.2) is 0 Å². The van der Waals surface area contributed by atoms with Gasteiger partial charge in [0, 0.05) is 31.2 Å². The Morgan fingerprint density at radius 3 is 2.28 bits per heavy atom. The quantitative estimate of drug-likeness (QED) is 0.825. The summed E-state index contributed by atoms with van der Waals surface area (Å²) in [5.74, 6) is 2.73. The molecule has 3 aliphatic rings. The van der Waals surface area contributed by atoms with Crippen LogP contribution >= 0.6 is 0 Å². The monoisotopic (exact) mass is 250 g/mol. The molecule has 2 heteroatoms. The van der Waals surface area contributed by atoms with E-state index in [0.717, 1.165) is 35.9 Å². The topological polar surface area (TPSA) is 15.3 Å². The maximum Gasteiger partial charge on any atom is 0.0200 e. The van der Waals surface area contributed by atoms with Gasteiger partial charge in [-0.2, -0.15) is 0 Å². The smallest absolute Gasteiger partial charge is 0.0200 e. The SMILES string of the molecule is CC1CC(N2CC(NC3CC3)CC(C(C)C)C2)C1. The summed E-state index contributed by atoms with van der Waals surface area (Å²) in [5.41, 5.74) is 0. The molecule has 0 amide bonds. The molecule has 0 aromatic rings. The third kappa shape index (κ3) is 2.91. The average Bonchev–Trinajstić information content (AvgIpc) is 3.08. The molecule has 0 radical (unpaired) electrons. The van der Waals surface area contributed by atoms with E-state index in [4.69, 9.17) is 0 Å². The number of rotatable bonds is 4. The van der Waals surface area contributed by atoms with Crippen molar-refractivity contribution in [2.45, 2.75) is 71.0 Å². The zero-order chi connectivity index (χ0) is 12.7. The molecule has 3 fully saturated rings. The second-order valence-electron chi connectivity index (χ2n) is 7.56. The molecule has 1 heterocycles. The van der Waals surface area contributed by atoms with Gasteiger partial charge in [-0.25, -0.2) is 0 Å². The molecule has 1 N–H and O–H groups in total. The van der Waals surface area contributed by atoms with E-state index >= 15 is 0 Å². The first-order chi connectivity index (χ1) is 8.61. The fourth-order valence-corrected chi connectivity index (χ4v) is 3.82. The summed E-state index contributed by atoms with van der Waals surface area (Å²) in [6, 6.07) is 2.54. The molecule has 2 nitrogen and oxygen atoms in total. The van der Waals surface area contributed by atoms with E-state index in [-0.39, 0.29) is 0 Å². The maximum atomic E-state index is 3.88. The molecule has 3 rings (SSSR count). The molecule has 2 atom stereocenters. The van der Waals surface area contributed by atoms with Crippen molar-refractivity contribution in [2.24, 2.45) is 17.8 Å². The van der Waals surface area contributed by atoms with Gasteiger partial charge in [0.25, 0.3) is 0 Å². The van der Waals surface area contributed by atoms with Crippen LogP contribution in [0.2, 0.25) is 0 Å². The fraction of sp³-hybridized carbons (Fsp3) is 1.00. The number of nitrogens with one attached hydrogen (secondary N) is 1. The highest BCUT2D eigenvalue weighted by atomic mass is 15.2. The van der Waals surface area contributed by atoms with Crippen LogP contribution in [0.1, 0.15) is 52.9 Å². The van der Waals surface area contributed by atoms with Crippen molar-refractivity contribution >= 4 is 0 Å². The van der Waals surface area contributed by atoms with Crippen LogP contribution in [-0.2, 0) is 0 Å². The Balaban J connectivity index is 1.58. The van der Waals surface area contributed by atoms with Crippen LogP contribution in [0, 0.1) is 17.8 Å². The lowest BCUT2D eigenvalue weighted by atomic mass is 9.77. The second-order valence-corrected chi connectivity index (χ2v) is 7.56. The number of piperidine rings is 1. The van der Waals surface area contributed by atoms with Crippen molar-refractivity contribution in [3.8, 4) is 0 Å². The van der Waals surface area contributed by atoms with Gasteiger partial charge in [-0.05, 0) is 49.9 Å². The van der Waals surface area contributed by atoms with Crippen LogP contribution in [0.25, 0.3) is 0 Å². The van der Waals surface area contributed by atoms with Gasteiger partial charge in [0.05, 0.1) is 0 Å². The summed E-state index contributed by atoms with van der Waals surface area (Å²) in [7, 11) is 0. The molecule has 2 unspecified atom stereocenters. The first-order valence-electron chi connectivity index (χ1n) is 8.12. The summed E-state index contributed by atoms with van der Waals surface area (Å²) in [6.07, 6.45) is 7.14. The van der Waals surface area contributed by atoms with Gasteiger partial charge >= 0.3 is 0 Å². The highest BCUT2D eigenvalue weighted by Gasteiger charge is 2.38. The van der Waals surface area contributed by atoms with E-state index in [1.54, 1.807) is 0 Å². The molecule has 2 aliphatic carbocycles. The van der Waals surface area contributed by atoms with E-state index in [0.29, 0.717) is 0 Å². The molecule has 18 heavy (non-hydrogen) atoms. The second kappa shape index (κ2) is 5.13. The van der Waals surface area contributed by atoms with E-state index in [1.807, 2.05) is 0 Å². The molecule has 2 saturated carbocycles. The predicted octanol–water partition coefficient (Wildman–Crippen LogP) is 2.88. The summed E-state index contributed by atoms with van der Waals surface area (Å²) in [6.45, 7) is 9.90. The van der Waals surface area contributed by atoms with E-state index in [1.165, 1.54) is 45.2 Å². The fourth-order valence-electron chi connectivity index (χ4n) is 3.82. The molecule has 1 saturated heterocycles. The zero-order valence-electron chi connectivity index (χ0n) is 12.4. The highest BCUT2D eigenvalue weighted by Crippen LogP contribution is 2.35. The zero-order valence-corrected chi connectivity index (χ0v) is 12.4. The molecular weight excluding hydrogens is 220 g/mol. The molecule has 0 spiro atoms. The lowest BCUT2D eigenvalue weighted by Crippen LogP contribution is -2.56. The van der Waals surface area contributed by atoms with E-state index in [2.05, 4.69) is 31.0 Å². The lowest BCUT2D eigenvalue weighted by Gasteiger charge is -2.48. The van der Waals surface area contributed by atoms with Crippen molar-refractivity contribution in [3.05, 3.63) is 0 Å². The third-order valence-electron chi connectivity index (χ3n) is 5.37. The first-order valence-corrected chi connectivity index (χ1v) is 8.12. The normalized spacial score (nSPS) is 42.0. The van der Waals surface area contributed by atoms with Gasteiger partial charge in [0.2, 0.25) is 0 Å². The molecule has 1 aliphatic heterocycles. The average molecular weight is 250 g/mol. The maximum absolute atomic E-state index is 3.88. The standard InChI is InChI=1S/C16H30N2/c1-11(2)13-8-15(17-14-4-5-14)10-18(9-13)16-6-12(3)7-16/h11-17H,4-10H2,1-3H3. The Kier molecular flexibility index (Phi) is 3.68. The minimum Gasteiger partial charge on any atom is -0.310 e. The Morgan fingerprint density at radius 1 is 1.00 bits per heavy atom. The minimum absolute atomic E-state index is 0.773. The van der Waals surface area contributed by atoms with Crippen LogP contribution in [0.5, 0.6) is 0 Å². The van der Waals surface area contributed by atoms with Crippen molar-refractivity contribution in [1.29, 1.82) is 0 Å². The van der Waals surface area contributed by atoms with Crippen LogP contribution in [0.3, 0.4) is 0 Å². The number of nitrogens with zero attached hydrogens (tertiary/aromatic N) is 1. The molecule has 0 aromatic heterocycles.